The van der Waals surface area contributed by atoms with Gasteiger partial charge in [0.25, 0.3) is 23.6 Å². The van der Waals surface area contributed by atoms with E-state index in [1.807, 2.05) is 0 Å². The topological polar surface area (TPSA) is 272 Å². The highest BCUT2D eigenvalue weighted by atomic mass is 35.5. The second kappa shape index (κ2) is 15.5. The summed E-state index contributed by atoms with van der Waals surface area (Å²) in [5, 5.41) is 43.7. The monoisotopic (exact) mass is 757 g/mol. The molecule has 0 bridgehead atoms. The van der Waals surface area contributed by atoms with Gasteiger partial charge >= 0.3 is 5.97 Å². The molecule has 3 aromatic rings. The number of thiazole rings is 1. The number of halogens is 1. The van der Waals surface area contributed by atoms with Gasteiger partial charge in [0, 0.05) is 22.4 Å². The second-order valence-corrected chi connectivity index (χ2v) is 13.6. The maximum Gasteiger partial charge on any atom is 0.352 e. The van der Waals surface area contributed by atoms with Gasteiger partial charge in [-0.25, -0.2) is 9.78 Å². The van der Waals surface area contributed by atoms with Crippen molar-refractivity contribution < 1.29 is 44.1 Å². The Balaban J connectivity index is 0.00000520. The highest BCUT2D eigenvalue weighted by Gasteiger charge is 2.54. The first-order valence-corrected chi connectivity index (χ1v) is 16.9. The standard InChI is InChI=1S/C25H23N9O9S4.ClH/c1-9(18(37)30-31-19(38)10-2-3-13(35)14(36)4-10)43-33-15(12-7-45-24(26)28-12)20(39)29-16-21(40)34-17(23(41)42)11(5-44-22(16)34)6-46-25-32-27-8-47-25;/h2-4,7-9,16,22,35-36H,5-6H2,1H3,(H2,26,28)(H,29,39)(H,30,37)(H,31,38)(H,41,42);1H/t9?,16?,22-;/m0./s1. The van der Waals surface area contributed by atoms with Crippen LogP contribution in [0.3, 0.4) is 0 Å². The molecule has 2 unspecified atom stereocenters. The first kappa shape index (κ1) is 36.2. The van der Waals surface area contributed by atoms with Gasteiger partial charge in [0.15, 0.2) is 26.7 Å². The summed E-state index contributed by atoms with van der Waals surface area (Å²) in [5.41, 5.74) is 11.4. The second-order valence-electron chi connectivity index (χ2n) is 9.52. The molecule has 1 fully saturated rings. The molecular weight excluding hydrogens is 734 g/mol. The number of amides is 4. The summed E-state index contributed by atoms with van der Waals surface area (Å²) in [6, 6.07) is 2.19. The molecule has 2 aliphatic rings. The summed E-state index contributed by atoms with van der Waals surface area (Å²) >= 11 is 4.88. The minimum absolute atomic E-state index is 0. The van der Waals surface area contributed by atoms with Gasteiger partial charge in [0.1, 0.15) is 28.3 Å². The lowest BCUT2D eigenvalue weighted by molar-refractivity contribution is -0.150. The molecule has 1 aromatic carbocycles. The Morgan fingerprint density at radius 3 is 2.62 bits per heavy atom. The number of carboxylic acid groups (broad SMARTS) is 1. The number of phenolic OH excluding ortho intramolecular Hbond substituents is 2. The minimum Gasteiger partial charge on any atom is -0.504 e. The van der Waals surface area contributed by atoms with Crippen molar-refractivity contribution in [2.24, 2.45) is 5.16 Å². The van der Waals surface area contributed by atoms with E-state index < -0.39 is 64.3 Å². The number of thioether (sulfide) groups is 2. The average Bonchev–Trinajstić information content (AvgIpc) is 3.73. The van der Waals surface area contributed by atoms with Crippen LogP contribution < -0.4 is 21.9 Å². The van der Waals surface area contributed by atoms with Crippen LogP contribution >= 0.6 is 58.6 Å². The Hall–Kier alpha value is -4.64. The third kappa shape index (κ3) is 7.90. The van der Waals surface area contributed by atoms with Crippen LogP contribution in [0.15, 0.2) is 49.9 Å². The molecule has 0 spiro atoms. The molecule has 4 amide bonds. The minimum atomic E-state index is -1.36. The van der Waals surface area contributed by atoms with E-state index in [1.54, 1.807) is 5.51 Å². The number of phenols is 2. The Bertz CT molecular complexity index is 1800. The Morgan fingerprint density at radius 1 is 1.21 bits per heavy atom. The average molecular weight is 758 g/mol. The van der Waals surface area contributed by atoms with Crippen LogP contribution in [-0.4, -0.2) is 99.7 Å². The molecule has 0 radical (unpaired) electrons. The SMILES string of the molecule is CC(ON=C(C(=O)NC1C(=O)N2C(C(=O)O)=C(CSc3nncs3)CS[C@@H]12)c1csc(N)n1)C(=O)NNC(=O)c1ccc(O)c(O)c1.Cl. The van der Waals surface area contributed by atoms with E-state index in [4.69, 9.17) is 10.6 Å². The summed E-state index contributed by atoms with van der Waals surface area (Å²) in [6.07, 6.45) is -1.36. The number of β-lactam (4-membered cyclic amide) rings is 1. The van der Waals surface area contributed by atoms with Crippen molar-refractivity contribution in [2.45, 2.75) is 28.8 Å². The number of hydrogen-bond acceptors (Lipinski definition) is 17. The van der Waals surface area contributed by atoms with Crippen LogP contribution in [-0.2, 0) is 24.0 Å². The summed E-state index contributed by atoms with van der Waals surface area (Å²) in [5.74, 6) is -4.91. The van der Waals surface area contributed by atoms with Crippen molar-refractivity contribution in [1.82, 2.24) is 36.2 Å². The van der Waals surface area contributed by atoms with E-state index in [-0.39, 0.29) is 46.0 Å². The molecule has 0 aliphatic carbocycles. The number of nitrogen functional groups attached to an aromatic ring is 1. The fourth-order valence-corrected chi connectivity index (χ4v) is 7.64. The Labute approximate surface area is 292 Å². The third-order valence-electron chi connectivity index (χ3n) is 6.43. The van der Waals surface area contributed by atoms with Gasteiger partial charge in [-0.1, -0.05) is 28.3 Å². The Morgan fingerprint density at radius 2 is 1.98 bits per heavy atom. The maximum atomic E-state index is 13.4. The number of fused-ring (bicyclic) bond motifs is 1. The van der Waals surface area contributed by atoms with Gasteiger partial charge in [-0.15, -0.1) is 45.7 Å². The number of nitrogens with two attached hydrogens (primary N) is 1. The van der Waals surface area contributed by atoms with Gasteiger partial charge in [-0.3, -0.25) is 34.9 Å². The summed E-state index contributed by atoms with van der Waals surface area (Å²) in [6.45, 7) is 1.27. The van der Waals surface area contributed by atoms with Crippen molar-refractivity contribution in [3.63, 3.8) is 0 Å². The zero-order chi connectivity index (χ0) is 33.8. The number of hydrogen-bond donors (Lipinski definition) is 7. The van der Waals surface area contributed by atoms with E-state index in [1.165, 1.54) is 53.2 Å². The van der Waals surface area contributed by atoms with Gasteiger partial charge in [-0.2, -0.15) is 0 Å². The molecule has 1 saturated heterocycles. The number of aromatic hydroxyl groups is 2. The zero-order valence-electron chi connectivity index (χ0n) is 24.2. The van der Waals surface area contributed by atoms with Crippen LogP contribution in [0.2, 0.25) is 0 Å². The van der Waals surface area contributed by atoms with Crippen LogP contribution in [0.1, 0.15) is 23.0 Å². The molecule has 18 nitrogen and oxygen atoms in total. The van der Waals surface area contributed by atoms with E-state index in [2.05, 4.69) is 36.5 Å². The number of benzene rings is 1. The molecule has 48 heavy (non-hydrogen) atoms. The molecule has 5 rings (SSSR count). The number of nitrogens with zero attached hydrogens (tertiary/aromatic N) is 5. The van der Waals surface area contributed by atoms with Crippen LogP contribution in [0.25, 0.3) is 0 Å². The lowest BCUT2D eigenvalue weighted by Gasteiger charge is -2.49. The smallest absolute Gasteiger partial charge is 0.352 e. The van der Waals surface area contributed by atoms with Gasteiger partial charge in [0.05, 0.1) is 0 Å². The molecule has 3 atom stereocenters. The molecular formula is C25H24ClN9O9S4. The van der Waals surface area contributed by atoms with Crippen molar-refractivity contribution in [3.05, 3.63) is 51.6 Å². The summed E-state index contributed by atoms with van der Waals surface area (Å²) < 4.78 is 0.651. The molecule has 4 heterocycles. The number of carboxylic acids is 1. The van der Waals surface area contributed by atoms with E-state index in [0.717, 1.165) is 28.4 Å². The number of nitrogens with one attached hydrogen (secondary N) is 3. The molecule has 8 N–H and O–H groups in total. The molecule has 23 heteroatoms. The van der Waals surface area contributed by atoms with Crippen LogP contribution in [0.5, 0.6) is 11.5 Å². The van der Waals surface area contributed by atoms with Crippen molar-refractivity contribution >= 4 is 99.0 Å². The highest BCUT2D eigenvalue weighted by Crippen LogP contribution is 2.41. The highest BCUT2D eigenvalue weighted by molar-refractivity contribution is 8.01. The molecule has 0 saturated carbocycles. The van der Waals surface area contributed by atoms with Crippen LogP contribution in [0, 0.1) is 0 Å². The first-order valence-electron chi connectivity index (χ1n) is 13.1. The van der Waals surface area contributed by atoms with Crippen molar-refractivity contribution in [1.29, 1.82) is 0 Å². The number of anilines is 1. The number of oxime groups is 1. The first-order chi connectivity index (χ1) is 22.4. The lowest BCUT2D eigenvalue weighted by Crippen LogP contribution is -2.71. The van der Waals surface area contributed by atoms with Crippen LogP contribution in [0.4, 0.5) is 5.13 Å². The summed E-state index contributed by atoms with van der Waals surface area (Å²) in [4.78, 5) is 73.9. The fourth-order valence-electron chi connectivity index (χ4n) is 4.12. The van der Waals surface area contributed by atoms with Gasteiger partial charge < -0.3 is 31.2 Å². The van der Waals surface area contributed by atoms with E-state index >= 15 is 0 Å². The number of hydrazine groups is 1. The molecule has 2 aliphatic heterocycles. The van der Waals surface area contributed by atoms with Gasteiger partial charge in [0.2, 0.25) is 6.10 Å². The van der Waals surface area contributed by atoms with E-state index in [9.17, 15) is 39.3 Å². The third-order valence-corrected chi connectivity index (χ3v) is 10.4. The number of aliphatic carboxylic acids is 1. The molecule has 254 valence electrons. The maximum absolute atomic E-state index is 13.4. The van der Waals surface area contributed by atoms with Crippen molar-refractivity contribution in [3.8, 4) is 11.5 Å². The summed E-state index contributed by atoms with van der Waals surface area (Å²) in [7, 11) is 0. The van der Waals surface area contributed by atoms with Gasteiger partial charge in [-0.05, 0) is 30.7 Å². The quantitative estimate of drug-likeness (QED) is 0.0462. The van der Waals surface area contributed by atoms with Crippen molar-refractivity contribution in [2.75, 3.05) is 17.2 Å². The Kier molecular flexibility index (Phi) is 11.7. The zero-order valence-corrected chi connectivity index (χ0v) is 28.3. The number of aromatic nitrogens is 3. The van der Waals surface area contributed by atoms with E-state index in [0.29, 0.717) is 9.91 Å². The fraction of sp³-hybridized carbons (Fsp3) is 0.240. The molecule has 2 aromatic heterocycles. The predicted molar refractivity (Wildman–Crippen MR) is 177 cm³/mol. The predicted octanol–water partition coefficient (Wildman–Crippen LogP) is 0.511. The number of carbonyl (C=O) groups excluding carboxylic acids is 4. The lowest BCUT2D eigenvalue weighted by atomic mass is 10.0. The number of carbonyl (C=O) groups is 5. The number of rotatable bonds is 11. The largest absolute Gasteiger partial charge is 0.504 e. The normalized spacial score (nSPS) is 17.7.